The quantitative estimate of drug-likeness (QED) is 0.699. The van der Waals surface area contributed by atoms with Crippen LogP contribution >= 0.6 is 0 Å². The van der Waals surface area contributed by atoms with Crippen LogP contribution in [0, 0.1) is 6.92 Å². The monoisotopic (exact) mass is 352 g/mol. The van der Waals surface area contributed by atoms with Gasteiger partial charge < -0.3 is 14.0 Å². The van der Waals surface area contributed by atoms with E-state index in [2.05, 4.69) is 46.1 Å². The zero-order chi connectivity index (χ0) is 17.9. The summed E-state index contributed by atoms with van der Waals surface area (Å²) in [7, 11) is 0. The standard InChI is InChI=1S/C18H24N8/c1-3-26-17(13-25-11-8-20-14(25)2)22-23-18(26)15-4-9-24(10-5-15)16-12-19-6-7-21-16/h6-8,11-12,15H,3-5,9-10,13H2,1-2H3. The average molecular weight is 352 g/mol. The fraction of sp³-hybridized carbons (Fsp3) is 0.500. The van der Waals surface area contributed by atoms with Crippen LogP contribution in [0.5, 0.6) is 0 Å². The number of aryl methyl sites for hydroxylation is 1. The lowest BCUT2D eigenvalue weighted by atomic mass is 9.96. The molecule has 0 spiro atoms. The van der Waals surface area contributed by atoms with Crippen molar-refractivity contribution in [3.05, 3.63) is 48.5 Å². The normalized spacial score (nSPS) is 15.5. The largest absolute Gasteiger partial charge is 0.355 e. The lowest BCUT2D eigenvalue weighted by Gasteiger charge is -2.32. The van der Waals surface area contributed by atoms with E-state index in [4.69, 9.17) is 0 Å². The van der Waals surface area contributed by atoms with Crippen molar-refractivity contribution in [3.8, 4) is 0 Å². The van der Waals surface area contributed by atoms with Crippen molar-refractivity contribution in [2.24, 2.45) is 0 Å². The van der Waals surface area contributed by atoms with Crippen LogP contribution in [0.15, 0.2) is 31.0 Å². The molecule has 1 fully saturated rings. The maximum atomic E-state index is 4.55. The Kier molecular flexibility index (Phi) is 4.64. The van der Waals surface area contributed by atoms with Gasteiger partial charge in [-0.15, -0.1) is 10.2 Å². The van der Waals surface area contributed by atoms with Crippen molar-refractivity contribution in [1.82, 2.24) is 34.3 Å². The molecule has 0 aliphatic carbocycles. The number of aromatic nitrogens is 7. The van der Waals surface area contributed by atoms with Crippen molar-refractivity contribution >= 4 is 5.82 Å². The molecule has 1 aliphatic rings. The van der Waals surface area contributed by atoms with Crippen LogP contribution in [0.4, 0.5) is 5.82 Å². The zero-order valence-electron chi connectivity index (χ0n) is 15.3. The Labute approximate surface area is 152 Å². The zero-order valence-corrected chi connectivity index (χ0v) is 15.3. The molecule has 136 valence electrons. The molecule has 0 radical (unpaired) electrons. The highest BCUT2D eigenvalue weighted by Gasteiger charge is 2.26. The predicted molar refractivity (Wildman–Crippen MR) is 98.0 cm³/mol. The minimum Gasteiger partial charge on any atom is -0.355 e. The predicted octanol–water partition coefficient (Wildman–Crippen LogP) is 2.03. The molecule has 0 N–H and O–H groups in total. The van der Waals surface area contributed by atoms with Crippen molar-refractivity contribution in [3.63, 3.8) is 0 Å². The number of hydrogen-bond donors (Lipinski definition) is 0. The number of piperidine rings is 1. The highest BCUT2D eigenvalue weighted by Crippen LogP contribution is 2.29. The van der Waals surface area contributed by atoms with Gasteiger partial charge >= 0.3 is 0 Å². The molecule has 0 atom stereocenters. The molecule has 8 heteroatoms. The summed E-state index contributed by atoms with van der Waals surface area (Å²) < 4.78 is 4.37. The molecule has 4 heterocycles. The third-order valence-electron chi connectivity index (χ3n) is 5.14. The van der Waals surface area contributed by atoms with Crippen LogP contribution in [0.3, 0.4) is 0 Å². The Morgan fingerprint density at radius 3 is 2.58 bits per heavy atom. The molecule has 0 unspecified atom stereocenters. The molecule has 0 bridgehead atoms. The lowest BCUT2D eigenvalue weighted by molar-refractivity contribution is 0.461. The molecule has 1 aliphatic heterocycles. The van der Waals surface area contributed by atoms with E-state index in [1.165, 1.54) is 0 Å². The summed E-state index contributed by atoms with van der Waals surface area (Å²) in [6.45, 7) is 7.70. The van der Waals surface area contributed by atoms with Gasteiger partial charge in [0.25, 0.3) is 0 Å². The van der Waals surface area contributed by atoms with Gasteiger partial charge in [0.05, 0.1) is 12.7 Å². The van der Waals surface area contributed by atoms with Crippen LogP contribution in [-0.4, -0.2) is 47.4 Å². The van der Waals surface area contributed by atoms with Gasteiger partial charge in [-0.3, -0.25) is 4.98 Å². The first-order chi connectivity index (χ1) is 12.8. The van der Waals surface area contributed by atoms with E-state index >= 15 is 0 Å². The molecule has 3 aromatic rings. The maximum absolute atomic E-state index is 4.55. The molecular weight excluding hydrogens is 328 g/mol. The van der Waals surface area contributed by atoms with Crippen LogP contribution in [0.25, 0.3) is 0 Å². The minimum atomic E-state index is 0.438. The van der Waals surface area contributed by atoms with Crippen molar-refractivity contribution in [1.29, 1.82) is 0 Å². The first-order valence-electron chi connectivity index (χ1n) is 9.17. The Hall–Kier alpha value is -2.77. The van der Waals surface area contributed by atoms with E-state index < -0.39 is 0 Å². The van der Waals surface area contributed by atoms with Crippen LogP contribution in [0.1, 0.15) is 43.2 Å². The van der Waals surface area contributed by atoms with Crippen molar-refractivity contribution in [2.45, 2.75) is 45.7 Å². The van der Waals surface area contributed by atoms with Crippen LogP contribution < -0.4 is 4.90 Å². The second kappa shape index (κ2) is 7.23. The SMILES string of the molecule is CCn1c(Cn2ccnc2C)nnc1C1CCN(c2cnccn2)CC1. The number of rotatable bonds is 5. The van der Waals surface area contributed by atoms with Crippen molar-refractivity contribution in [2.75, 3.05) is 18.0 Å². The summed E-state index contributed by atoms with van der Waals surface area (Å²) >= 11 is 0. The van der Waals surface area contributed by atoms with E-state index in [9.17, 15) is 0 Å². The lowest BCUT2D eigenvalue weighted by Crippen LogP contribution is -2.34. The third kappa shape index (κ3) is 3.18. The van der Waals surface area contributed by atoms with E-state index in [1.807, 2.05) is 25.5 Å². The van der Waals surface area contributed by atoms with E-state index in [0.717, 1.165) is 55.8 Å². The summed E-state index contributed by atoms with van der Waals surface area (Å²) in [6, 6.07) is 0. The van der Waals surface area contributed by atoms with E-state index in [1.54, 1.807) is 12.4 Å². The Morgan fingerprint density at radius 1 is 1.08 bits per heavy atom. The fourth-order valence-corrected chi connectivity index (χ4v) is 3.66. The maximum Gasteiger partial charge on any atom is 0.153 e. The fourth-order valence-electron chi connectivity index (χ4n) is 3.66. The second-order valence-electron chi connectivity index (χ2n) is 6.65. The van der Waals surface area contributed by atoms with Gasteiger partial charge in [-0.1, -0.05) is 0 Å². The van der Waals surface area contributed by atoms with Gasteiger partial charge in [0, 0.05) is 50.3 Å². The van der Waals surface area contributed by atoms with Gasteiger partial charge in [0.15, 0.2) is 5.82 Å². The van der Waals surface area contributed by atoms with Gasteiger partial charge in [0.1, 0.15) is 17.5 Å². The topological polar surface area (TPSA) is 77.5 Å². The Morgan fingerprint density at radius 2 is 1.92 bits per heavy atom. The Bertz CT molecular complexity index is 845. The second-order valence-corrected chi connectivity index (χ2v) is 6.65. The number of hydrogen-bond acceptors (Lipinski definition) is 6. The van der Waals surface area contributed by atoms with E-state index in [-0.39, 0.29) is 0 Å². The van der Waals surface area contributed by atoms with E-state index in [0.29, 0.717) is 12.5 Å². The molecule has 26 heavy (non-hydrogen) atoms. The molecule has 4 rings (SSSR count). The van der Waals surface area contributed by atoms with Gasteiger partial charge in [0.2, 0.25) is 0 Å². The highest BCUT2D eigenvalue weighted by molar-refractivity contribution is 5.35. The average Bonchev–Trinajstić information content (AvgIpc) is 3.29. The smallest absolute Gasteiger partial charge is 0.153 e. The molecule has 0 saturated carbocycles. The number of anilines is 1. The summed E-state index contributed by atoms with van der Waals surface area (Å²) in [6.07, 6.45) is 11.2. The van der Waals surface area contributed by atoms with Crippen LogP contribution in [0.2, 0.25) is 0 Å². The first kappa shape index (κ1) is 16.7. The van der Waals surface area contributed by atoms with Gasteiger partial charge in [-0.2, -0.15) is 0 Å². The molecule has 0 amide bonds. The minimum absolute atomic E-state index is 0.438. The number of imidazole rings is 1. The Balaban J connectivity index is 1.48. The van der Waals surface area contributed by atoms with Crippen molar-refractivity contribution < 1.29 is 0 Å². The molecule has 1 saturated heterocycles. The first-order valence-corrected chi connectivity index (χ1v) is 9.17. The highest BCUT2D eigenvalue weighted by atomic mass is 15.3. The summed E-state index contributed by atoms with van der Waals surface area (Å²) in [4.78, 5) is 15.2. The molecular formula is C18H24N8. The summed E-state index contributed by atoms with van der Waals surface area (Å²) in [5.74, 6) is 4.50. The molecule has 8 nitrogen and oxygen atoms in total. The molecule has 3 aromatic heterocycles. The summed E-state index contributed by atoms with van der Waals surface area (Å²) in [5, 5.41) is 9.04. The van der Waals surface area contributed by atoms with Crippen LogP contribution in [-0.2, 0) is 13.1 Å². The number of nitrogens with zero attached hydrogens (tertiary/aromatic N) is 8. The third-order valence-corrected chi connectivity index (χ3v) is 5.14. The molecule has 0 aromatic carbocycles. The summed E-state index contributed by atoms with van der Waals surface area (Å²) in [5.41, 5.74) is 0. The van der Waals surface area contributed by atoms with Gasteiger partial charge in [-0.05, 0) is 26.7 Å². The van der Waals surface area contributed by atoms with Gasteiger partial charge in [-0.25, -0.2) is 9.97 Å².